The highest BCUT2D eigenvalue weighted by molar-refractivity contribution is 8.01. The molecule has 2 aliphatic rings. The summed E-state index contributed by atoms with van der Waals surface area (Å²) in [6.45, 7) is 0.980. The molecular formula is C10H16OS. The Morgan fingerprint density at radius 3 is 2.83 bits per heavy atom. The van der Waals surface area contributed by atoms with Gasteiger partial charge in [-0.25, -0.2) is 0 Å². The van der Waals surface area contributed by atoms with Crippen molar-refractivity contribution in [2.75, 3.05) is 12.4 Å². The Bertz CT molecular complexity index is 110. The second kappa shape index (κ2) is 4.52. The zero-order chi connectivity index (χ0) is 8.23. The third kappa shape index (κ3) is 2.17. The van der Waals surface area contributed by atoms with Crippen LogP contribution in [0.3, 0.4) is 0 Å². The van der Waals surface area contributed by atoms with Crippen LogP contribution < -0.4 is 0 Å². The molecule has 2 radical (unpaired) electrons. The Kier molecular flexibility index (Phi) is 3.35. The molecular weight excluding hydrogens is 168 g/mol. The molecule has 2 atom stereocenters. The largest absolute Gasteiger partial charge is 0.378 e. The standard InChI is InChI=1S/C10H16OS/c1-2-6-11-10(5-1)9-4-3-7-12-8-9/h9-10H,1-7H2. The molecule has 0 bridgehead atoms. The van der Waals surface area contributed by atoms with E-state index in [0.29, 0.717) is 12.0 Å². The molecule has 2 heterocycles. The van der Waals surface area contributed by atoms with Crippen LogP contribution in [0.1, 0.15) is 32.1 Å². The van der Waals surface area contributed by atoms with Crippen molar-refractivity contribution in [1.29, 1.82) is 0 Å². The summed E-state index contributed by atoms with van der Waals surface area (Å²) >= 11 is 1.87. The summed E-state index contributed by atoms with van der Waals surface area (Å²) in [5.41, 5.74) is 0. The van der Waals surface area contributed by atoms with Gasteiger partial charge in [-0.1, -0.05) is 0 Å². The van der Waals surface area contributed by atoms with E-state index in [1.165, 1.54) is 37.9 Å². The van der Waals surface area contributed by atoms with Crippen LogP contribution in [-0.4, -0.2) is 18.5 Å². The summed E-state index contributed by atoms with van der Waals surface area (Å²) in [4.78, 5) is 0. The van der Waals surface area contributed by atoms with E-state index in [1.54, 1.807) is 0 Å². The quantitative estimate of drug-likeness (QED) is 0.619. The van der Waals surface area contributed by atoms with Gasteiger partial charge in [0.15, 0.2) is 0 Å². The van der Waals surface area contributed by atoms with E-state index in [4.69, 9.17) is 4.74 Å². The minimum atomic E-state index is 0.506. The Labute approximate surface area is 79.2 Å². The lowest BCUT2D eigenvalue weighted by molar-refractivity contribution is -0.0130. The van der Waals surface area contributed by atoms with Gasteiger partial charge in [-0.05, 0) is 37.9 Å². The van der Waals surface area contributed by atoms with E-state index in [0.717, 1.165) is 6.61 Å². The first-order valence-corrected chi connectivity index (χ1v) is 5.94. The van der Waals surface area contributed by atoms with E-state index in [9.17, 15) is 0 Å². The molecule has 2 saturated heterocycles. The van der Waals surface area contributed by atoms with Crippen LogP contribution in [0.2, 0.25) is 0 Å². The van der Waals surface area contributed by atoms with E-state index in [1.807, 2.05) is 11.8 Å². The lowest BCUT2D eigenvalue weighted by Crippen LogP contribution is -2.29. The smallest absolute Gasteiger partial charge is 0.0617 e. The molecule has 2 heteroatoms. The Balaban J connectivity index is 1.80. The summed E-state index contributed by atoms with van der Waals surface area (Å²) in [6, 6.07) is 0. The first kappa shape index (κ1) is 8.89. The van der Waals surface area contributed by atoms with E-state index < -0.39 is 0 Å². The Hall–Kier alpha value is 0.310. The molecule has 12 heavy (non-hydrogen) atoms. The maximum atomic E-state index is 5.74. The van der Waals surface area contributed by atoms with Crippen molar-refractivity contribution < 1.29 is 4.74 Å². The second-order valence-electron chi connectivity index (χ2n) is 3.62. The average Bonchev–Trinajstić information content (AvgIpc) is 2.21. The average molecular weight is 184 g/mol. The lowest BCUT2D eigenvalue weighted by atomic mass is 9.93. The molecule has 0 N–H and O–H groups in total. The SMILES string of the molecule is [C]1SCCCC1C1CCCCO1. The van der Waals surface area contributed by atoms with Crippen LogP contribution in [0.5, 0.6) is 0 Å². The number of hydrogen-bond donors (Lipinski definition) is 0. The van der Waals surface area contributed by atoms with Crippen molar-refractivity contribution >= 4 is 11.8 Å². The van der Waals surface area contributed by atoms with Crippen LogP contribution in [-0.2, 0) is 4.74 Å². The predicted molar refractivity (Wildman–Crippen MR) is 52.0 cm³/mol. The maximum absolute atomic E-state index is 5.74. The highest BCUT2D eigenvalue weighted by Gasteiger charge is 2.26. The molecule has 0 aliphatic carbocycles. The van der Waals surface area contributed by atoms with Gasteiger partial charge < -0.3 is 4.74 Å². The van der Waals surface area contributed by atoms with Gasteiger partial charge in [-0.2, -0.15) is 11.8 Å². The van der Waals surface area contributed by atoms with Gasteiger partial charge in [0.25, 0.3) is 0 Å². The van der Waals surface area contributed by atoms with Crippen LogP contribution in [0.15, 0.2) is 0 Å². The van der Waals surface area contributed by atoms with Gasteiger partial charge in [0.1, 0.15) is 0 Å². The molecule has 0 aromatic heterocycles. The summed E-state index contributed by atoms with van der Waals surface area (Å²) in [5, 5.41) is 0. The maximum Gasteiger partial charge on any atom is 0.0617 e. The van der Waals surface area contributed by atoms with Gasteiger partial charge in [-0.3, -0.25) is 0 Å². The molecule has 1 nitrogen and oxygen atoms in total. The fourth-order valence-electron chi connectivity index (χ4n) is 1.95. The van der Waals surface area contributed by atoms with Crippen LogP contribution in [0.4, 0.5) is 0 Å². The molecule has 0 amide bonds. The highest BCUT2D eigenvalue weighted by Crippen LogP contribution is 2.33. The fraction of sp³-hybridized carbons (Fsp3) is 0.900. The summed E-state index contributed by atoms with van der Waals surface area (Å²) in [6.07, 6.45) is 7.04. The first-order chi connectivity index (χ1) is 5.97. The van der Waals surface area contributed by atoms with Crippen LogP contribution in [0, 0.1) is 11.7 Å². The third-order valence-corrected chi connectivity index (χ3v) is 3.62. The van der Waals surface area contributed by atoms with E-state index >= 15 is 0 Å². The molecule has 2 aliphatic heterocycles. The predicted octanol–water partition coefficient (Wildman–Crippen LogP) is 2.74. The minimum absolute atomic E-state index is 0.506. The van der Waals surface area contributed by atoms with Crippen molar-refractivity contribution in [2.45, 2.75) is 38.2 Å². The zero-order valence-electron chi connectivity index (χ0n) is 7.42. The van der Waals surface area contributed by atoms with E-state index in [2.05, 4.69) is 5.75 Å². The molecule has 0 saturated carbocycles. The highest BCUT2D eigenvalue weighted by atomic mass is 32.2. The third-order valence-electron chi connectivity index (χ3n) is 2.66. The number of hydrogen-bond acceptors (Lipinski definition) is 2. The number of thioether (sulfide) groups is 1. The Morgan fingerprint density at radius 1 is 1.17 bits per heavy atom. The van der Waals surface area contributed by atoms with Crippen molar-refractivity contribution in [3.63, 3.8) is 0 Å². The minimum Gasteiger partial charge on any atom is -0.378 e. The van der Waals surface area contributed by atoms with Gasteiger partial charge in [0.2, 0.25) is 0 Å². The molecule has 0 aromatic carbocycles. The van der Waals surface area contributed by atoms with E-state index in [-0.39, 0.29) is 0 Å². The molecule has 0 aromatic rings. The van der Waals surface area contributed by atoms with Gasteiger partial charge in [0, 0.05) is 12.5 Å². The van der Waals surface area contributed by atoms with Gasteiger partial charge in [-0.15, -0.1) is 0 Å². The molecule has 2 rings (SSSR count). The summed E-state index contributed by atoms with van der Waals surface area (Å²) in [7, 11) is 0. The van der Waals surface area contributed by atoms with Crippen molar-refractivity contribution in [2.24, 2.45) is 5.92 Å². The second-order valence-corrected chi connectivity index (χ2v) is 4.55. The van der Waals surface area contributed by atoms with Gasteiger partial charge in [0.05, 0.1) is 11.9 Å². The topological polar surface area (TPSA) is 9.23 Å². The van der Waals surface area contributed by atoms with Crippen molar-refractivity contribution in [1.82, 2.24) is 0 Å². The normalized spacial score (nSPS) is 38.0. The molecule has 0 spiro atoms. The zero-order valence-corrected chi connectivity index (χ0v) is 8.24. The van der Waals surface area contributed by atoms with Crippen LogP contribution >= 0.6 is 11.8 Å². The molecule has 68 valence electrons. The summed E-state index contributed by atoms with van der Waals surface area (Å²) < 4.78 is 5.74. The van der Waals surface area contributed by atoms with Crippen molar-refractivity contribution in [3.05, 3.63) is 5.75 Å². The molecule has 2 unspecified atom stereocenters. The van der Waals surface area contributed by atoms with Crippen molar-refractivity contribution in [3.8, 4) is 0 Å². The number of rotatable bonds is 1. The van der Waals surface area contributed by atoms with Gasteiger partial charge >= 0.3 is 0 Å². The van der Waals surface area contributed by atoms with Crippen LogP contribution in [0.25, 0.3) is 0 Å². The fourth-order valence-corrected chi connectivity index (χ4v) is 2.86. The number of ether oxygens (including phenoxy) is 1. The Morgan fingerprint density at radius 2 is 2.17 bits per heavy atom. The lowest BCUT2D eigenvalue weighted by Gasteiger charge is -2.31. The molecule has 2 fully saturated rings. The summed E-state index contributed by atoms with van der Waals surface area (Å²) in [5.74, 6) is 5.38. The monoisotopic (exact) mass is 184 g/mol. The first-order valence-electron chi connectivity index (χ1n) is 4.96.